The molecule has 0 amide bonds. The van der Waals surface area contributed by atoms with Gasteiger partial charge in [0.1, 0.15) is 0 Å². The summed E-state index contributed by atoms with van der Waals surface area (Å²) in [5.74, 6) is 1.80. The van der Waals surface area contributed by atoms with Crippen LogP contribution in [0.5, 0.6) is 0 Å². The van der Waals surface area contributed by atoms with Gasteiger partial charge in [0.05, 0.1) is 0 Å². The number of alkyl halides is 1. The molecule has 0 aromatic heterocycles. The van der Waals surface area contributed by atoms with Crippen molar-refractivity contribution in [1.29, 1.82) is 0 Å². The summed E-state index contributed by atoms with van der Waals surface area (Å²) in [6, 6.07) is 10.5. The Hall–Kier alpha value is -0.140. The van der Waals surface area contributed by atoms with Crippen LogP contribution in [0, 0.1) is 0 Å². The zero-order chi connectivity index (χ0) is 8.81. The van der Waals surface area contributed by atoms with Gasteiger partial charge < -0.3 is 0 Å². The van der Waals surface area contributed by atoms with Gasteiger partial charge in [-0.2, -0.15) is 11.8 Å². The second-order valence-electron chi connectivity index (χ2n) is 2.76. The summed E-state index contributed by atoms with van der Waals surface area (Å²) < 4.78 is 0. The van der Waals surface area contributed by atoms with Crippen molar-refractivity contribution in [1.82, 2.24) is 0 Å². The summed E-state index contributed by atoms with van der Waals surface area (Å²) in [5.41, 5.74) is 1.37. The SMILES string of the molecule is CC(CCl)SCc1ccccc1. The lowest BCUT2D eigenvalue weighted by molar-refractivity contribution is 1.12. The van der Waals surface area contributed by atoms with Gasteiger partial charge in [-0.25, -0.2) is 0 Å². The fourth-order valence-corrected chi connectivity index (χ4v) is 1.88. The molecule has 0 fully saturated rings. The first-order valence-corrected chi connectivity index (χ1v) is 5.62. The molecular formula is C10H13ClS. The van der Waals surface area contributed by atoms with Gasteiger partial charge in [-0.1, -0.05) is 37.3 Å². The van der Waals surface area contributed by atoms with Crippen molar-refractivity contribution in [2.24, 2.45) is 0 Å². The molecule has 0 saturated heterocycles. The molecule has 0 aliphatic heterocycles. The Morgan fingerprint density at radius 1 is 1.33 bits per heavy atom. The molecule has 0 radical (unpaired) electrons. The highest BCUT2D eigenvalue weighted by Gasteiger charge is 1.99. The van der Waals surface area contributed by atoms with E-state index in [-0.39, 0.29) is 0 Å². The van der Waals surface area contributed by atoms with E-state index in [1.807, 2.05) is 17.8 Å². The van der Waals surface area contributed by atoms with Crippen LogP contribution in [0.25, 0.3) is 0 Å². The summed E-state index contributed by atoms with van der Waals surface area (Å²) in [6.45, 7) is 2.15. The lowest BCUT2D eigenvalue weighted by atomic mass is 10.2. The molecule has 1 rings (SSSR count). The minimum absolute atomic E-state index is 0.548. The topological polar surface area (TPSA) is 0 Å². The van der Waals surface area contributed by atoms with Crippen LogP contribution >= 0.6 is 23.4 Å². The Morgan fingerprint density at radius 2 is 2.00 bits per heavy atom. The van der Waals surface area contributed by atoms with Crippen LogP contribution in [0.2, 0.25) is 0 Å². The normalized spacial score (nSPS) is 12.8. The van der Waals surface area contributed by atoms with E-state index < -0.39 is 0 Å². The molecule has 0 nitrogen and oxygen atoms in total. The van der Waals surface area contributed by atoms with Gasteiger partial charge in [0.15, 0.2) is 0 Å². The van der Waals surface area contributed by atoms with Gasteiger partial charge in [-0.05, 0) is 5.56 Å². The van der Waals surface area contributed by atoms with Gasteiger partial charge >= 0.3 is 0 Å². The molecule has 0 bridgehead atoms. The van der Waals surface area contributed by atoms with E-state index >= 15 is 0 Å². The fourth-order valence-electron chi connectivity index (χ4n) is 0.857. The van der Waals surface area contributed by atoms with Gasteiger partial charge in [0.2, 0.25) is 0 Å². The van der Waals surface area contributed by atoms with Crippen LogP contribution in [0.3, 0.4) is 0 Å². The van der Waals surface area contributed by atoms with Crippen molar-refractivity contribution >= 4 is 23.4 Å². The number of rotatable bonds is 4. The average molecular weight is 201 g/mol. The predicted molar refractivity (Wildman–Crippen MR) is 57.9 cm³/mol. The van der Waals surface area contributed by atoms with E-state index in [4.69, 9.17) is 11.6 Å². The largest absolute Gasteiger partial charge is 0.153 e. The van der Waals surface area contributed by atoms with E-state index in [0.717, 1.165) is 11.6 Å². The third kappa shape index (κ3) is 3.51. The van der Waals surface area contributed by atoms with Crippen molar-refractivity contribution in [2.45, 2.75) is 17.9 Å². The third-order valence-corrected chi connectivity index (χ3v) is 3.48. The molecule has 12 heavy (non-hydrogen) atoms. The van der Waals surface area contributed by atoms with Gasteiger partial charge in [0.25, 0.3) is 0 Å². The molecule has 0 heterocycles. The minimum atomic E-state index is 0.548. The lowest BCUT2D eigenvalue weighted by Crippen LogP contribution is -1.97. The maximum absolute atomic E-state index is 5.70. The van der Waals surface area contributed by atoms with E-state index in [2.05, 4.69) is 31.2 Å². The smallest absolute Gasteiger partial charge is 0.0340 e. The van der Waals surface area contributed by atoms with Crippen molar-refractivity contribution in [3.05, 3.63) is 35.9 Å². The molecule has 0 aliphatic carbocycles. The number of benzene rings is 1. The summed E-state index contributed by atoms with van der Waals surface area (Å²) in [7, 11) is 0. The summed E-state index contributed by atoms with van der Waals surface area (Å²) in [5, 5.41) is 0.548. The zero-order valence-corrected chi connectivity index (χ0v) is 8.74. The highest BCUT2D eigenvalue weighted by molar-refractivity contribution is 7.99. The van der Waals surface area contributed by atoms with Gasteiger partial charge in [-0.3, -0.25) is 0 Å². The molecule has 66 valence electrons. The molecule has 1 atom stereocenters. The number of hydrogen-bond donors (Lipinski definition) is 0. The van der Waals surface area contributed by atoms with Crippen molar-refractivity contribution in [3.8, 4) is 0 Å². The summed E-state index contributed by atoms with van der Waals surface area (Å²) in [4.78, 5) is 0. The van der Waals surface area contributed by atoms with Gasteiger partial charge in [0, 0.05) is 16.9 Å². The standard InChI is InChI=1S/C10H13ClS/c1-9(7-11)12-8-10-5-3-2-4-6-10/h2-6,9H,7-8H2,1H3. The maximum atomic E-state index is 5.70. The minimum Gasteiger partial charge on any atom is -0.153 e. The first-order chi connectivity index (χ1) is 5.83. The third-order valence-electron chi connectivity index (χ3n) is 1.59. The lowest BCUT2D eigenvalue weighted by Gasteiger charge is -2.06. The molecule has 0 N–H and O–H groups in total. The Balaban J connectivity index is 2.33. The van der Waals surface area contributed by atoms with E-state index in [0.29, 0.717) is 5.25 Å². The van der Waals surface area contributed by atoms with Gasteiger partial charge in [-0.15, -0.1) is 11.6 Å². The molecule has 0 aliphatic rings. The second kappa shape index (κ2) is 5.50. The molecule has 2 heteroatoms. The molecule has 1 aromatic rings. The second-order valence-corrected chi connectivity index (χ2v) is 4.50. The van der Waals surface area contributed by atoms with E-state index in [1.165, 1.54) is 5.56 Å². The maximum Gasteiger partial charge on any atom is 0.0340 e. The molecular weight excluding hydrogens is 188 g/mol. The van der Waals surface area contributed by atoms with Crippen LogP contribution in [0.15, 0.2) is 30.3 Å². The number of thioether (sulfide) groups is 1. The first kappa shape index (κ1) is 9.94. The molecule has 0 spiro atoms. The monoisotopic (exact) mass is 200 g/mol. The quantitative estimate of drug-likeness (QED) is 0.670. The van der Waals surface area contributed by atoms with Crippen molar-refractivity contribution < 1.29 is 0 Å². The summed E-state index contributed by atoms with van der Waals surface area (Å²) >= 11 is 7.59. The van der Waals surface area contributed by atoms with Crippen LogP contribution in [0.4, 0.5) is 0 Å². The Bertz CT molecular complexity index is 210. The van der Waals surface area contributed by atoms with Crippen LogP contribution in [-0.4, -0.2) is 11.1 Å². The highest BCUT2D eigenvalue weighted by Crippen LogP contribution is 2.17. The first-order valence-electron chi connectivity index (χ1n) is 4.04. The summed E-state index contributed by atoms with van der Waals surface area (Å²) in [6.07, 6.45) is 0. The predicted octanol–water partition coefficient (Wildman–Crippen LogP) is 3.55. The Morgan fingerprint density at radius 3 is 2.58 bits per heavy atom. The molecule has 1 aromatic carbocycles. The number of halogens is 1. The fraction of sp³-hybridized carbons (Fsp3) is 0.400. The Labute approximate surface area is 83.3 Å². The van der Waals surface area contributed by atoms with Crippen molar-refractivity contribution in [3.63, 3.8) is 0 Å². The zero-order valence-electron chi connectivity index (χ0n) is 7.16. The van der Waals surface area contributed by atoms with Crippen molar-refractivity contribution in [2.75, 3.05) is 5.88 Å². The average Bonchev–Trinajstić information content (AvgIpc) is 2.16. The molecule has 0 saturated carbocycles. The van der Waals surface area contributed by atoms with E-state index in [9.17, 15) is 0 Å². The van der Waals surface area contributed by atoms with Crippen LogP contribution in [0.1, 0.15) is 12.5 Å². The number of hydrogen-bond acceptors (Lipinski definition) is 1. The Kier molecular flexibility index (Phi) is 4.55. The highest BCUT2D eigenvalue weighted by atomic mass is 35.5. The molecule has 1 unspecified atom stereocenters. The van der Waals surface area contributed by atoms with E-state index in [1.54, 1.807) is 0 Å². The van der Waals surface area contributed by atoms with Crippen LogP contribution < -0.4 is 0 Å². The van der Waals surface area contributed by atoms with Crippen LogP contribution in [-0.2, 0) is 5.75 Å².